The molecule has 0 bridgehead atoms. The van der Waals surface area contributed by atoms with Crippen LogP contribution in [0.2, 0.25) is 0 Å². The van der Waals surface area contributed by atoms with Crippen LogP contribution in [-0.4, -0.2) is 0 Å². The van der Waals surface area contributed by atoms with Crippen molar-refractivity contribution >= 4 is 54.6 Å². The van der Waals surface area contributed by atoms with Crippen molar-refractivity contribution in [2.24, 2.45) is 0 Å². The number of hydrogen-bond acceptors (Lipinski definition) is 0. The van der Waals surface area contributed by atoms with Crippen molar-refractivity contribution in [3.05, 3.63) is 326 Å². The first-order valence-electron chi connectivity index (χ1n) is 29.5. The van der Waals surface area contributed by atoms with Gasteiger partial charge in [0.2, 0.25) is 0 Å². The zero-order valence-corrected chi connectivity index (χ0v) is 46.3. The van der Waals surface area contributed by atoms with Crippen molar-refractivity contribution in [3.8, 4) is 100 Å². The van der Waals surface area contributed by atoms with Gasteiger partial charge in [0.05, 0.1) is 0 Å². The van der Waals surface area contributed by atoms with Gasteiger partial charge in [0.1, 0.15) is 0 Å². The highest BCUT2D eigenvalue weighted by molar-refractivity contribution is 6.35. The summed E-state index contributed by atoms with van der Waals surface area (Å²) in [4.78, 5) is 0. The van der Waals surface area contributed by atoms with E-state index < -0.39 is 0 Å². The fraction of sp³-hybridized carbons (Fsp3) is 0.0238. The molecule has 3 aliphatic rings. The maximum Gasteiger partial charge on any atom is -0.000741 e. The molecule has 0 saturated carbocycles. The number of allylic oxidation sites excluding steroid dienone is 4. The summed E-state index contributed by atoms with van der Waals surface area (Å²) < 4.78 is 0. The van der Waals surface area contributed by atoms with E-state index in [1.807, 2.05) is 0 Å². The average molecular weight is 1060 g/mol. The third-order valence-electron chi connectivity index (χ3n) is 18.3. The molecule has 0 N–H and O–H groups in total. The molecule has 0 amide bonds. The molecular weight excluding hydrogens is 1010 g/mol. The maximum absolute atomic E-state index is 2.47. The molecule has 14 aromatic rings. The van der Waals surface area contributed by atoms with E-state index in [1.54, 1.807) is 0 Å². The Kier molecular flexibility index (Phi) is 11.2. The highest BCUT2D eigenvalue weighted by Gasteiger charge is 2.36. The minimum atomic E-state index is 0.945. The maximum atomic E-state index is 2.47. The van der Waals surface area contributed by atoms with Gasteiger partial charge in [0, 0.05) is 0 Å². The van der Waals surface area contributed by atoms with Crippen molar-refractivity contribution < 1.29 is 0 Å². The third kappa shape index (κ3) is 7.61. The Bertz CT molecular complexity index is 4830. The van der Waals surface area contributed by atoms with Gasteiger partial charge in [-0.2, -0.15) is 0 Å². The fourth-order valence-electron chi connectivity index (χ4n) is 14.7. The van der Waals surface area contributed by atoms with Crippen LogP contribution >= 0.6 is 0 Å². The van der Waals surface area contributed by atoms with Gasteiger partial charge in [-0.25, -0.2) is 0 Å². The molecular formula is C84H54. The number of fused-ring (bicyclic) bond motifs is 7. The summed E-state index contributed by atoms with van der Waals surface area (Å²) in [5.74, 6) is 0. The van der Waals surface area contributed by atoms with Gasteiger partial charge in [0.25, 0.3) is 0 Å². The second kappa shape index (κ2) is 19.5. The Labute approximate surface area is 490 Å². The molecule has 0 radical (unpaired) electrons. The molecule has 0 aliphatic heterocycles. The van der Waals surface area contributed by atoms with E-state index in [2.05, 4.69) is 303 Å². The van der Waals surface area contributed by atoms with Crippen molar-refractivity contribution in [2.75, 3.05) is 0 Å². The summed E-state index contributed by atoms with van der Waals surface area (Å²) in [6.07, 6.45) is 1.89. The third-order valence-corrected chi connectivity index (χ3v) is 18.3. The molecule has 0 saturated heterocycles. The van der Waals surface area contributed by atoms with Crippen LogP contribution in [0, 0.1) is 0 Å². The molecule has 84 heavy (non-hydrogen) atoms. The quantitative estimate of drug-likeness (QED) is 0.135. The molecule has 0 heterocycles. The van der Waals surface area contributed by atoms with E-state index in [1.165, 1.54) is 177 Å². The van der Waals surface area contributed by atoms with E-state index in [9.17, 15) is 0 Å². The predicted molar refractivity (Wildman–Crippen MR) is 357 cm³/mol. The Morgan fingerprint density at radius 2 is 0.440 bits per heavy atom. The van der Waals surface area contributed by atoms with Crippen molar-refractivity contribution in [1.82, 2.24) is 0 Å². The van der Waals surface area contributed by atoms with Gasteiger partial charge >= 0.3 is 0 Å². The van der Waals surface area contributed by atoms with E-state index in [-0.39, 0.29) is 0 Å². The molecule has 0 spiro atoms. The standard InChI is InChI=1S/C84H54/c1-5-21-53(22-6-1)57-29-15-33-61(49-57)65-43-44-66(62-34-16-30-58(50-62)54-23-7-2-8-24-54)82-75-47-45-67(69-39-19-41-73(79(69)75)81(65)82)68-46-48-76-80-70(68)40-20-42-74(80)83-77(63-35-17-31-59(51-63)55-25-9-3-10-26-55)71-37-13-14-38-72(71)78(84(76)83)64-36-18-32-60(52-64)56-27-11-4-12-28-56/h1-42,45-52H,43-44H2. The summed E-state index contributed by atoms with van der Waals surface area (Å²) in [6, 6.07) is 113. The Morgan fingerprint density at radius 3 is 0.869 bits per heavy atom. The lowest BCUT2D eigenvalue weighted by Crippen LogP contribution is -2.02. The summed E-state index contributed by atoms with van der Waals surface area (Å²) >= 11 is 0. The largest absolute Gasteiger partial charge is 0.0622 e. The van der Waals surface area contributed by atoms with E-state index in [0.717, 1.165) is 12.8 Å². The highest BCUT2D eigenvalue weighted by atomic mass is 14.4. The van der Waals surface area contributed by atoms with Gasteiger partial charge in [-0.05, 0) is 214 Å². The minimum absolute atomic E-state index is 0.945. The number of benzene rings is 14. The second-order valence-electron chi connectivity index (χ2n) is 22.8. The van der Waals surface area contributed by atoms with Crippen LogP contribution < -0.4 is 0 Å². The second-order valence-corrected chi connectivity index (χ2v) is 22.8. The van der Waals surface area contributed by atoms with Crippen LogP contribution in [0.15, 0.2) is 303 Å². The van der Waals surface area contributed by atoms with E-state index >= 15 is 0 Å². The van der Waals surface area contributed by atoms with Gasteiger partial charge in [0.15, 0.2) is 0 Å². The molecule has 0 atom stereocenters. The fourth-order valence-corrected chi connectivity index (χ4v) is 14.7. The molecule has 390 valence electrons. The smallest absolute Gasteiger partial charge is 0.000741 e. The summed E-state index contributed by atoms with van der Waals surface area (Å²) in [5, 5.41) is 7.71. The van der Waals surface area contributed by atoms with Crippen molar-refractivity contribution in [2.45, 2.75) is 12.8 Å². The van der Waals surface area contributed by atoms with Gasteiger partial charge < -0.3 is 0 Å². The topological polar surface area (TPSA) is 0 Å². The van der Waals surface area contributed by atoms with Crippen LogP contribution in [-0.2, 0) is 0 Å². The van der Waals surface area contributed by atoms with Crippen molar-refractivity contribution in [1.29, 1.82) is 0 Å². The first-order valence-corrected chi connectivity index (χ1v) is 29.5. The first kappa shape index (κ1) is 48.1. The van der Waals surface area contributed by atoms with E-state index in [0.29, 0.717) is 0 Å². The molecule has 0 nitrogen and oxygen atoms in total. The molecule has 0 unspecified atom stereocenters. The van der Waals surface area contributed by atoms with E-state index in [4.69, 9.17) is 0 Å². The van der Waals surface area contributed by atoms with Gasteiger partial charge in [-0.15, -0.1) is 0 Å². The van der Waals surface area contributed by atoms with Crippen LogP contribution in [0.25, 0.3) is 155 Å². The van der Waals surface area contributed by atoms with Gasteiger partial charge in [-0.3, -0.25) is 0 Å². The Hall–Kier alpha value is -10.7. The van der Waals surface area contributed by atoms with Crippen LogP contribution in [0.5, 0.6) is 0 Å². The predicted octanol–water partition coefficient (Wildman–Crippen LogP) is 23.1. The average Bonchev–Trinajstić information content (AvgIpc) is 1.62. The highest BCUT2D eigenvalue weighted by Crippen LogP contribution is 2.61. The zero-order chi connectivity index (χ0) is 55.2. The molecule has 17 rings (SSSR count). The number of hydrogen-bond donors (Lipinski definition) is 0. The molecule has 3 aliphatic carbocycles. The summed E-state index contributed by atoms with van der Waals surface area (Å²) in [6.45, 7) is 0. The van der Waals surface area contributed by atoms with Crippen LogP contribution in [0.1, 0.15) is 35.1 Å². The molecule has 0 aromatic heterocycles. The first-order chi connectivity index (χ1) is 41.7. The molecule has 0 fully saturated rings. The lowest BCUT2D eigenvalue weighted by atomic mass is 9.78. The molecule has 0 heteroatoms. The minimum Gasteiger partial charge on any atom is -0.0622 e. The lowest BCUT2D eigenvalue weighted by molar-refractivity contribution is 1.08. The lowest BCUT2D eigenvalue weighted by Gasteiger charge is -2.25. The SMILES string of the molecule is c1ccc(-c2cccc(C3=C4C(=C(c5cccc(-c6ccccc6)c5)CC3)c3ccc(-c5ccc6c7c(cccc57)-c5c-6c(-c6cccc(-c7ccccc7)c6)c6ccccc6c5-c5cccc(-c6ccccc6)c5)c5cccc4c35)c2)cc1. The number of rotatable bonds is 9. The Morgan fingerprint density at radius 1 is 0.167 bits per heavy atom. The monoisotopic (exact) mass is 1060 g/mol. The Balaban J connectivity index is 0.903. The molecule has 14 aromatic carbocycles. The van der Waals surface area contributed by atoms with Gasteiger partial charge in [-0.1, -0.05) is 279 Å². The van der Waals surface area contributed by atoms with Crippen LogP contribution in [0.4, 0.5) is 0 Å². The summed E-state index contributed by atoms with van der Waals surface area (Å²) in [7, 11) is 0. The zero-order valence-electron chi connectivity index (χ0n) is 46.3. The van der Waals surface area contributed by atoms with Crippen LogP contribution in [0.3, 0.4) is 0 Å². The summed E-state index contributed by atoms with van der Waals surface area (Å²) in [5.41, 5.74) is 33.3. The normalized spacial score (nSPS) is 13.0. The van der Waals surface area contributed by atoms with Crippen molar-refractivity contribution in [3.63, 3.8) is 0 Å².